The van der Waals surface area contributed by atoms with Gasteiger partial charge in [-0.05, 0) is 38.0 Å². The molecule has 6 nitrogen and oxygen atoms in total. The molecule has 0 aliphatic carbocycles. The SMILES string of the molecule is CC/C=C/C/C=C/C=C/C(O)CCCCCCCC(=O)OC[C@H](O)COC(=O)CCCCCCCCCC(C)C. The number of ether oxygens (including phenoxy) is 2. The third-order valence-electron chi connectivity index (χ3n) is 6.67. The Hall–Kier alpha value is -1.92. The summed E-state index contributed by atoms with van der Waals surface area (Å²) in [5.41, 5.74) is 0. The normalized spacial score (nSPS) is 13.6. The van der Waals surface area contributed by atoms with E-state index in [-0.39, 0.29) is 25.2 Å². The highest BCUT2D eigenvalue weighted by Crippen LogP contribution is 2.13. The summed E-state index contributed by atoms with van der Waals surface area (Å²) in [5, 5.41) is 19.9. The van der Waals surface area contributed by atoms with Crippen molar-refractivity contribution >= 4 is 11.9 Å². The zero-order chi connectivity index (χ0) is 29.7. The lowest BCUT2D eigenvalue weighted by Crippen LogP contribution is -2.25. The van der Waals surface area contributed by atoms with Crippen molar-refractivity contribution in [2.45, 2.75) is 149 Å². The van der Waals surface area contributed by atoms with Crippen molar-refractivity contribution in [3.05, 3.63) is 36.5 Å². The fraction of sp³-hybridized carbons (Fsp3) is 0.765. The molecule has 0 aromatic rings. The molecular formula is C34H60O6. The van der Waals surface area contributed by atoms with Crippen LogP contribution in [-0.2, 0) is 19.1 Å². The molecule has 0 rings (SSSR count). The number of unbranched alkanes of at least 4 members (excludes halogenated alkanes) is 10. The maximum Gasteiger partial charge on any atom is 0.305 e. The fourth-order valence-electron chi connectivity index (χ4n) is 4.22. The Morgan fingerprint density at radius 2 is 1.15 bits per heavy atom. The molecule has 0 saturated heterocycles. The number of carbonyl (C=O) groups is 2. The molecule has 0 aliphatic heterocycles. The van der Waals surface area contributed by atoms with Crippen molar-refractivity contribution in [2.75, 3.05) is 13.2 Å². The van der Waals surface area contributed by atoms with Crippen LogP contribution in [0.3, 0.4) is 0 Å². The molecule has 0 amide bonds. The Kier molecular flexibility index (Phi) is 27.2. The average Bonchev–Trinajstić information content (AvgIpc) is 2.92. The summed E-state index contributed by atoms with van der Waals surface area (Å²) < 4.78 is 10.2. The number of carbonyl (C=O) groups excluding carboxylic acids is 2. The first kappa shape index (κ1) is 38.1. The van der Waals surface area contributed by atoms with Crippen LogP contribution in [0.15, 0.2) is 36.5 Å². The molecule has 40 heavy (non-hydrogen) atoms. The number of allylic oxidation sites excluding steroid dienone is 5. The zero-order valence-corrected chi connectivity index (χ0v) is 25.9. The molecule has 6 heteroatoms. The molecule has 0 heterocycles. The second-order valence-electron chi connectivity index (χ2n) is 11.2. The monoisotopic (exact) mass is 564 g/mol. The fourth-order valence-corrected chi connectivity index (χ4v) is 4.22. The van der Waals surface area contributed by atoms with Crippen LogP contribution in [0.1, 0.15) is 136 Å². The van der Waals surface area contributed by atoms with Gasteiger partial charge in [0.2, 0.25) is 0 Å². The predicted octanol–water partition coefficient (Wildman–Crippen LogP) is 8.16. The van der Waals surface area contributed by atoms with Gasteiger partial charge in [-0.3, -0.25) is 9.59 Å². The molecule has 0 spiro atoms. The lowest BCUT2D eigenvalue weighted by atomic mass is 10.0. The minimum absolute atomic E-state index is 0.143. The van der Waals surface area contributed by atoms with Crippen LogP contribution in [0.4, 0.5) is 0 Å². The topological polar surface area (TPSA) is 93.1 Å². The first-order valence-corrected chi connectivity index (χ1v) is 16.0. The summed E-state index contributed by atoms with van der Waals surface area (Å²) in [6.07, 6.45) is 28.0. The van der Waals surface area contributed by atoms with Crippen LogP contribution in [-0.4, -0.2) is 47.6 Å². The third-order valence-corrected chi connectivity index (χ3v) is 6.67. The van der Waals surface area contributed by atoms with Crippen molar-refractivity contribution < 1.29 is 29.3 Å². The minimum atomic E-state index is -0.993. The van der Waals surface area contributed by atoms with Crippen LogP contribution in [0.25, 0.3) is 0 Å². The van der Waals surface area contributed by atoms with Crippen LogP contribution < -0.4 is 0 Å². The van der Waals surface area contributed by atoms with Gasteiger partial charge in [-0.1, -0.05) is 128 Å². The number of aliphatic hydroxyl groups is 2. The lowest BCUT2D eigenvalue weighted by Gasteiger charge is -2.12. The van der Waals surface area contributed by atoms with E-state index in [4.69, 9.17) is 9.47 Å². The summed E-state index contributed by atoms with van der Waals surface area (Å²) in [4.78, 5) is 23.7. The molecule has 1 unspecified atom stereocenters. The van der Waals surface area contributed by atoms with E-state index in [2.05, 4.69) is 39.0 Å². The average molecular weight is 565 g/mol. The largest absolute Gasteiger partial charge is 0.463 e. The van der Waals surface area contributed by atoms with Gasteiger partial charge in [0.1, 0.15) is 19.3 Å². The Morgan fingerprint density at radius 1 is 0.650 bits per heavy atom. The van der Waals surface area contributed by atoms with Gasteiger partial charge in [-0.15, -0.1) is 0 Å². The van der Waals surface area contributed by atoms with Gasteiger partial charge in [0.15, 0.2) is 0 Å². The summed E-state index contributed by atoms with van der Waals surface area (Å²) in [5.74, 6) is 0.139. The molecule has 232 valence electrons. The molecular weight excluding hydrogens is 504 g/mol. The van der Waals surface area contributed by atoms with E-state index in [1.54, 1.807) is 0 Å². The minimum Gasteiger partial charge on any atom is -0.463 e. The first-order valence-electron chi connectivity index (χ1n) is 16.0. The van der Waals surface area contributed by atoms with E-state index in [1.807, 2.05) is 18.2 Å². The molecule has 0 fully saturated rings. The number of hydrogen-bond acceptors (Lipinski definition) is 6. The Labute approximate surface area is 245 Å². The van der Waals surface area contributed by atoms with E-state index in [0.717, 1.165) is 76.5 Å². The number of aliphatic hydroxyl groups excluding tert-OH is 2. The molecule has 0 aliphatic rings. The van der Waals surface area contributed by atoms with Crippen molar-refractivity contribution in [1.29, 1.82) is 0 Å². The number of esters is 2. The Balaban J connectivity index is 3.58. The van der Waals surface area contributed by atoms with Gasteiger partial charge in [0.25, 0.3) is 0 Å². The lowest BCUT2D eigenvalue weighted by molar-refractivity contribution is -0.152. The maximum absolute atomic E-state index is 11.9. The highest BCUT2D eigenvalue weighted by Gasteiger charge is 2.12. The van der Waals surface area contributed by atoms with Gasteiger partial charge < -0.3 is 19.7 Å². The van der Waals surface area contributed by atoms with Crippen molar-refractivity contribution in [3.8, 4) is 0 Å². The quantitative estimate of drug-likeness (QED) is 0.0452. The predicted molar refractivity (Wildman–Crippen MR) is 165 cm³/mol. The molecule has 2 N–H and O–H groups in total. The van der Waals surface area contributed by atoms with Crippen LogP contribution in [0.2, 0.25) is 0 Å². The Bertz CT molecular complexity index is 682. The number of hydrogen-bond donors (Lipinski definition) is 2. The molecule has 0 aromatic heterocycles. The summed E-state index contributed by atoms with van der Waals surface area (Å²) in [7, 11) is 0. The second kappa shape index (κ2) is 28.6. The summed E-state index contributed by atoms with van der Waals surface area (Å²) in [6, 6.07) is 0. The van der Waals surface area contributed by atoms with Gasteiger partial charge in [0.05, 0.1) is 6.10 Å². The highest BCUT2D eigenvalue weighted by atomic mass is 16.6. The summed E-state index contributed by atoms with van der Waals surface area (Å²) in [6.45, 7) is 6.34. The van der Waals surface area contributed by atoms with E-state index in [1.165, 1.54) is 32.1 Å². The van der Waals surface area contributed by atoms with Gasteiger partial charge in [-0.25, -0.2) is 0 Å². The van der Waals surface area contributed by atoms with Crippen molar-refractivity contribution in [2.24, 2.45) is 5.92 Å². The van der Waals surface area contributed by atoms with E-state index >= 15 is 0 Å². The zero-order valence-electron chi connectivity index (χ0n) is 25.9. The molecule has 0 bridgehead atoms. The van der Waals surface area contributed by atoms with E-state index < -0.39 is 12.2 Å². The number of rotatable bonds is 27. The third kappa shape index (κ3) is 29.1. The molecule has 0 aromatic carbocycles. The second-order valence-corrected chi connectivity index (χ2v) is 11.2. The van der Waals surface area contributed by atoms with Crippen LogP contribution >= 0.6 is 0 Å². The molecule has 0 saturated carbocycles. The van der Waals surface area contributed by atoms with Gasteiger partial charge in [0, 0.05) is 12.8 Å². The smallest absolute Gasteiger partial charge is 0.305 e. The van der Waals surface area contributed by atoms with Crippen LogP contribution in [0, 0.1) is 5.92 Å². The highest BCUT2D eigenvalue weighted by molar-refractivity contribution is 5.69. The summed E-state index contributed by atoms with van der Waals surface area (Å²) >= 11 is 0. The van der Waals surface area contributed by atoms with Crippen LogP contribution in [0.5, 0.6) is 0 Å². The van der Waals surface area contributed by atoms with E-state index in [9.17, 15) is 19.8 Å². The van der Waals surface area contributed by atoms with E-state index in [0.29, 0.717) is 12.8 Å². The standard InChI is InChI=1S/C34H60O6/c1-4-5-6-7-9-14-19-24-31(35)25-20-15-12-17-22-27-34(38)40-29-32(36)28-39-33(37)26-21-16-11-8-10-13-18-23-30(2)3/h5-6,9,14,19,24,30-32,35-36H,4,7-8,10-13,15-18,20-23,25-29H2,1-3H3/b6-5+,14-9+,24-19+/t31?,32-/m1/s1. The molecule has 2 atom stereocenters. The van der Waals surface area contributed by atoms with Gasteiger partial charge >= 0.3 is 11.9 Å². The molecule has 0 radical (unpaired) electrons. The Morgan fingerprint density at radius 3 is 1.68 bits per heavy atom. The maximum atomic E-state index is 11.9. The first-order chi connectivity index (χ1) is 19.3. The van der Waals surface area contributed by atoms with Crippen molar-refractivity contribution in [3.63, 3.8) is 0 Å². The van der Waals surface area contributed by atoms with Gasteiger partial charge in [-0.2, -0.15) is 0 Å². The van der Waals surface area contributed by atoms with Crippen molar-refractivity contribution in [1.82, 2.24) is 0 Å².